The van der Waals surface area contributed by atoms with Crippen LogP contribution < -0.4 is 5.32 Å². The maximum atomic E-state index is 18.0. The van der Waals surface area contributed by atoms with Gasteiger partial charge >= 0.3 is 0 Å². The summed E-state index contributed by atoms with van der Waals surface area (Å²) in [7, 11) is 0. The maximum Gasteiger partial charge on any atom is 0.217 e. The minimum atomic E-state index is -2.34. The second-order valence-corrected chi connectivity index (χ2v) is 13.5. The molecule has 7 N–H and O–H groups in total. The van der Waals surface area contributed by atoms with Gasteiger partial charge in [0, 0.05) is 29.2 Å². The highest BCUT2D eigenvalue weighted by atomic mass is 19.1. The molecule has 234 valence electrons. The molecule has 1 aliphatic heterocycles. The van der Waals surface area contributed by atoms with Crippen molar-refractivity contribution in [1.29, 1.82) is 0 Å². The van der Waals surface area contributed by atoms with Crippen molar-refractivity contribution in [3.8, 4) is 0 Å². The highest BCUT2D eigenvalue weighted by Gasteiger charge is 2.75. The molecule has 1 heterocycles. The molecule has 42 heavy (non-hydrogen) atoms. The summed E-state index contributed by atoms with van der Waals surface area (Å²) in [5.41, 5.74) is -6.69. The zero-order valence-corrected chi connectivity index (χ0v) is 24.3. The van der Waals surface area contributed by atoms with Crippen molar-refractivity contribution in [2.24, 2.45) is 28.6 Å². The van der Waals surface area contributed by atoms with Crippen LogP contribution in [0.3, 0.4) is 0 Å². The summed E-state index contributed by atoms with van der Waals surface area (Å²) in [5, 5.41) is 66.6. The summed E-state index contributed by atoms with van der Waals surface area (Å²) in [6, 6.07) is -1.29. The number of alkyl halides is 1. The number of rotatable bonds is 5. The van der Waals surface area contributed by atoms with Crippen molar-refractivity contribution in [1.82, 2.24) is 5.32 Å². The molecule has 0 aromatic carbocycles. The molecular weight excluding hydrogens is 553 g/mol. The smallest absolute Gasteiger partial charge is 0.217 e. The fraction of sp³-hybridized carbons (Fsp3) is 0.767. The number of nitrogens with one attached hydrogen (secondary N) is 1. The Hall–Kier alpha value is -2.06. The Kier molecular flexibility index (Phi) is 7.66. The Morgan fingerprint density at radius 2 is 1.81 bits per heavy atom. The summed E-state index contributed by atoms with van der Waals surface area (Å²) in [5.74, 6) is -3.82. The average Bonchev–Trinajstić information content (AvgIpc) is 3.13. The van der Waals surface area contributed by atoms with Gasteiger partial charge in [-0.05, 0) is 50.5 Å². The summed E-state index contributed by atoms with van der Waals surface area (Å²) in [6.45, 7) is 4.56. The summed E-state index contributed by atoms with van der Waals surface area (Å²) in [4.78, 5) is 38.4. The van der Waals surface area contributed by atoms with Crippen LogP contribution in [0, 0.1) is 28.6 Å². The van der Waals surface area contributed by atoms with Gasteiger partial charge in [0.05, 0.1) is 18.8 Å². The van der Waals surface area contributed by atoms with Gasteiger partial charge in [0.25, 0.3) is 0 Å². The number of amides is 1. The van der Waals surface area contributed by atoms with E-state index >= 15 is 4.39 Å². The normalized spacial score (nSPS) is 50.2. The molecule has 0 aromatic heterocycles. The lowest BCUT2D eigenvalue weighted by molar-refractivity contribution is -0.220. The van der Waals surface area contributed by atoms with E-state index in [1.807, 2.05) is 0 Å². The molecule has 0 radical (unpaired) electrons. The van der Waals surface area contributed by atoms with Crippen LogP contribution in [-0.4, -0.2) is 109 Å². The molecule has 0 aromatic rings. The van der Waals surface area contributed by atoms with Crippen LogP contribution >= 0.6 is 0 Å². The molecule has 11 nitrogen and oxygen atoms in total. The van der Waals surface area contributed by atoms with Gasteiger partial charge in [-0.25, -0.2) is 4.39 Å². The monoisotopic (exact) mass is 595 g/mol. The Morgan fingerprint density at radius 1 is 1.14 bits per heavy atom. The number of hydrogen-bond donors (Lipinski definition) is 7. The molecule has 0 spiro atoms. The lowest BCUT2D eigenvalue weighted by Crippen LogP contribution is -2.70. The van der Waals surface area contributed by atoms with Gasteiger partial charge in [-0.15, -0.1) is 0 Å². The number of ketones is 2. The average molecular weight is 596 g/mol. The zero-order valence-electron chi connectivity index (χ0n) is 24.3. The first-order valence-corrected chi connectivity index (χ1v) is 14.6. The standard InChI is InChI=1S/C30H42FNO10/c1-13-7-18-17-6-5-15-8-19(36)16(26-23(32-14(2)35)25(40)24(39)20(11-33)42-26)9-27(15,3)29(17,31)21(37)10-28(18,4)30(13,41)22(38)12-34/h8-9,13,17-18,20-21,23-26,33-34,37,39-41H,5-7,10-12H2,1-4H3,(H,32,35)/t13-,17+,18+,20-,21+,23-,24-,25-,26?,27+,28+,29+,30+/m1/s1. The molecule has 5 aliphatic rings. The van der Waals surface area contributed by atoms with Crippen LogP contribution in [0.15, 0.2) is 23.3 Å². The molecular formula is C30H42FNO10. The number of fused-ring (bicyclic) bond motifs is 5. The van der Waals surface area contributed by atoms with Crippen LogP contribution in [0.2, 0.25) is 0 Å². The highest BCUT2D eigenvalue weighted by molar-refractivity contribution is 6.07. The molecule has 12 heteroatoms. The Labute approximate surface area is 243 Å². The number of Topliss-reactive ketones (excluding diaryl/α,β-unsaturated/α-hetero) is 1. The Balaban J connectivity index is 1.60. The van der Waals surface area contributed by atoms with Crippen LogP contribution in [0.5, 0.6) is 0 Å². The molecule has 1 unspecified atom stereocenters. The van der Waals surface area contributed by atoms with E-state index in [4.69, 9.17) is 4.74 Å². The van der Waals surface area contributed by atoms with Gasteiger partial charge in [-0.1, -0.05) is 25.5 Å². The Bertz CT molecular complexity index is 1240. The van der Waals surface area contributed by atoms with Crippen molar-refractivity contribution < 1.29 is 54.2 Å². The Morgan fingerprint density at radius 3 is 2.40 bits per heavy atom. The van der Waals surface area contributed by atoms with Gasteiger partial charge in [0.2, 0.25) is 5.91 Å². The number of carbonyl (C=O) groups is 3. The predicted molar refractivity (Wildman–Crippen MR) is 144 cm³/mol. The topological polar surface area (TPSA) is 194 Å². The number of carbonyl (C=O) groups excluding carboxylic acids is 3. The van der Waals surface area contributed by atoms with E-state index in [1.54, 1.807) is 20.8 Å². The van der Waals surface area contributed by atoms with Gasteiger partial charge in [-0.2, -0.15) is 0 Å². The van der Waals surface area contributed by atoms with Crippen molar-refractivity contribution >= 4 is 17.5 Å². The number of ether oxygens (including phenoxy) is 1. The minimum Gasteiger partial charge on any atom is -0.394 e. The third-order valence-corrected chi connectivity index (χ3v) is 11.5. The molecule has 4 aliphatic carbocycles. The van der Waals surface area contributed by atoms with E-state index in [0.29, 0.717) is 18.4 Å². The van der Waals surface area contributed by atoms with E-state index in [2.05, 4.69) is 5.32 Å². The molecule has 1 amide bonds. The first-order valence-electron chi connectivity index (χ1n) is 14.6. The van der Waals surface area contributed by atoms with E-state index < -0.39 is 107 Å². The first kappa shape index (κ1) is 31.4. The van der Waals surface area contributed by atoms with Crippen LogP contribution in [0.4, 0.5) is 4.39 Å². The second-order valence-electron chi connectivity index (χ2n) is 13.5. The third kappa shape index (κ3) is 3.92. The van der Waals surface area contributed by atoms with Crippen LogP contribution in [0.25, 0.3) is 0 Å². The van der Waals surface area contributed by atoms with Gasteiger partial charge in [-0.3, -0.25) is 14.4 Å². The number of hydrogen-bond acceptors (Lipinski definition) is 10. The van der Waals surface area contributed by atoms with E-state index in [-0.39, 0.29) is 18.4 Å². The quantitative estimate of drug-likeness (QED) is 0.213. The maximum absolute atomic E-state index is 18.0. The number of aliphatic hydroxyl groups is 6. The predicted octanol–water partition coefficient (Wildman–Crippen LogP) is -0.748. The molecule has 1 saturated heterocycles. The molecule has 3 saturated carbocycles. The number of allylic oxidation sites excluding steroid dienone is 3. The largest absolute Gasteiger partial charge is 0.394 e. The van der Waals surface area contributed by atoms with Crippen molar-refractivity contribution in [3.63, 3.8) is 0 Å². The fourth-order valence-corrected chi connectivity index (χ4v) is 9.39. The summed E-state index contributed by atoms with van der Waals surface area (Å²) >= 11 is 0. The number of halogens is 1. The van der Waals surface area contributed by atoms with Gasteiger partial charge in [0.1, 0.15) is 36.6 Å². The number of aliphatic hydroxyl groups excluding tert-OH is 5. The molecule has 4 fully saturated rings. The van der Waals surface area contributed by atoms with Crippen LogP contribution in [0.1, 0.15) is 53.4 Å². The zero-order chi connectivity index (χ0) is 31.2. The van der Waals surface area contributed by atoms with E-state index in [0.717, 1.165) is 0 Å². The van der Waals surface area contributed by atoms with E-state index in [1.165, 1.54) is 19.1 Å². The molecule has 5 rings (SSSR count). The summed E-state index contributed by atoms with van der Waals surface area (Å²) in [6.07, 6.45) is -4.19. The SMILES string of the molecule is CC(=O)N[C@H]1C(C2=C[C@@]3(C)C(=CC2=O)CC[C@H]2[C@@H]4C[C@@H](C)[C@](O)(C(=O)CO)[C@@]4(C)C[C@H](O)[C@@]23F)O[C@H](CO)[C@@H](O)[C@@H]1O. The molecule has 13 atom stereocenters. The van der Waals surface area contributed by atoms with Crippen molar-refractivity contribution in [2.75, 3.05) is 13.2 Å². The molecule has 0 bridgehead atoms. The highest BCUT2D eigenvalue weighted by Crippen LogP contribution is 2.71. The minimum absolute atomic E-state index is 0.0886. The van der Waals surface area contributed by atoms with Gasteiger partial charge in [0.15, 0.2) is 17.2 Å². The fourth-order valence-electron chi connectivity index (χ4n) is 9.39. The van der Waals surface area contributed by atoms with E-state index in [9.17, 15) is 45.0 Å². The van der Waals surface area contributed by atoms with Gasteiger partial charge < -0.3 is 40.7 Å². The third-order valence-electron chi connectivity index (χ3n) is 11.5. The summed E-state index contributed by atoms with van der Waals surface area (Å²) < 4.78 is 23.8. The lowest BCUT2D eigenvalue weighted by Gasteiger charge is -2.63. The first-order chi connectivity index (χ1) is 19.5. The van der Waals surface area contributed by atoms with Crippen LogP contribution in [-0.2, 0) is 19.1 Å². The second kappa shape index (κ2) is 10.3. The van der Waals surface area contributed by atoms with Crippen molar-refractivity contribution in [3.05, 3.63) is 23.3 Å². The van der Waals surface area contributed by atoms with Crippen molar-refractivity contribution in [2.45, 2.75) is 101 Å². The lowest BCUT2D eigenvalue weighted by atomic mass is 9.44.